The maximum Gasteiger partial charge on any atom is 0.191 e. The average molecular weight is 412 g/mol. The molecule has 0 spiro atoms. The Bertz CT molecular complexity index is 458. The van der Waals surface area contributed by atoms with E-state index in [-0.39, 0.29) is 0 Å². The highest BCUT2D eigenvalue weighted by Gasteiger charge is 2.38. The molecular formula is C21H41N5OS. The molecule has 1 saturated carbocycles. The molecule has 0 atom stereocenters. The maximum absolute atomic E-state index is 5.43. The Labute approximate surface area is 176 Å². The van der Waals surface area contributed by atoms with Gasteiger partial charge in [-0.3, -0.25) is 14.8 Å². The van der Waals surface area contributed by atoms with Gasteiger partial charge in [0, 0.05) is 56.3 Å². The van der Waals surface area contributed by atoms with E-state index in [4.69, 9.17) is 9.73 Å². The zero-order chi connectivity index (χ0) is 19.5. The normalized spacial score (nSPS) is 24.8. The van der Waals surface area contributed by atoms with Gasteiger partial charge in [0.15, 0.2) is 5.96 Å². The highest BCUT2D eigenvalue weighted by Crippen LogP contribution is 2.35. The molecule has 0 aromatic rings. The maximum atomic E-state index is 5.43. The SMILES string of the molecule is CCNC(=NCC1(N2CCSCC2)CCCCC1)NCCCN1CCOCC1. The van der Waals surface area contributed by atoms with Crippen molar-refractivity contribution in [3.8, 4) is 0 Å². The fraction of sp³-hybridized carbons (Fsp3) is 0.952. The molecule has 1 aliphatic carbocycles. The number of morpholine rings is 1. The fourth-order valence-electron chi connectivity index (χ4n) is 4.72. The molecule has 3 rings (SSSR count). The Hall–Kier alpha value is -0.500. The molecule has 0 aromatic heterocycles. The van der Waals surface area contributed by atoms with Crippen molar-refractivity contribution in [1.82, 2.24) is 20.4 Å². The molecule has 3 fully saturated rings. The molecule has 0 amide bonds. The molecule has 6 nitrogen and oxygen atoms in total. The van der Waals surface area contributed by atoms with Crippen LogP contribution in [0.4, 0.5) is 0 Å². The first-order valence-electron chi connectivity index (χ1n) is 11.5. The zero-order valence-electron chi connectivity index (χ0n) is 17.9. The van der Waals surface area contributed by atoms with Gasteiger partial charge in [-0.25, -0.2) is 0 Å². The van der Waals surface area contributed by atoms with Crippen LogP contribution in [0.25, 0.3) is 0 Å². The van der Waals surface area contributed by atoms with E-state index in [2.05, 4.69) is 39.1 Å². The van der Waals surface area contributed by atoms with Crippen molar-refractivity contribution in [3.05, 3.63) is 0 Å². The molecule has 2 N–H and O–H groups in total. The number of hydrogen-bond acceptors (Lipinski definition) is 5. The summed E-state index contributed by atoms with van der Waals surface area (Å²) in [6, 6.07) is 0. The number of guanidine groups is 1. The van der Waals surface area contributed by atoms with E-state index >= 15 is 0 Å². The van der Waals surface area contributed by atoms with Gasteiger partial charge >= 0.3 is 0 Å². The van der Waals surface area contributed by atoms with Gasteiger partial charge in [-0.2, -0.15) is 11.8 Å². The third kappa shape index (κ3) is 6.78. The van der Waals surface area contributed by atoms with Crippen molar-refractivity contribution >= 4 is 17.7 Å². The molecule has 0 bridgehead atoms. The molecule has 2 aliphatic heterocycles. The molecule has 3 aliphatic rings. The van der Waals surface area contributed by atoms with Crippen molar-refractivity contribution in [2.75, 3.05) is 77.1 Å². The molecule has 162 valence electrons. The van der Waals surface area contributed by atoms with E-state index in [1.54, 1.807) is 0 Å². The second-order valence-electron chi connectivity index (χ2n) is 8.31. The molecular weight excluding hydrogens is 370 g/mol. The molecule has 2 saturated heterocycles. The molecule has 7 heteroatoms. The van der Waals surface area contributed by atoms with Gasteiger partial charge in [0.05, 0.1) is 19.8 Å². The molecule has 0 aromatic carbocycles. The van der Waals surface area contributed by atoms with Crippen LogP contribution in [0.5, 0.6) is 0 Å². The number of hydrogen-bond donors (Lipinski definition) is 2. The van der Waals surface area contributed by atoms with Crippen LogP contribution in [-0.2, 0) is 4.74 Å². The number of ether oxygens (including phenoxy) is 1. The van der Waals surface area contributed by atoms with Crippen LogP contribution in [0, 0.1) is 0 Å². The Morgan fingerprint density at radius 2 is 1.79 bits per heavy atom. The number of nitrogens with one attached hydrogen (secondary N) is 2. The predicted octanol–water partition coefficient (Wildman–Crippen LogP) is 2.02. The summed E-state index contributed by atoms with van der Waals surface area (Å²) in [6.45, 7) is 12.5. The molecule has 0 radical (unpaired) electrons. The van der Waals surface area contributed by atoms with E-state index in [9.17, 15) is 0 Å². The monoisotopic (exact) mass is 411 g/mol. The summed E-state index contributed by atoms with van der Waals surface area (Å²) < 4.78 is 5.43. The lowest BCUT2D eigenvalue weighted by atomic mass is 9.80. The van der Waals surface area contributed by atoms with Crippen LogP contribution in [0.1, 0.15) is 45.4 Å². The van der Waals surface area contributed by atoms with Gasteiger partial charge < -0.3 is 15.4 Å². The molecule has 0 unspecified atom stereocenters. The van der Waals surface area contributed by atoms with Crippen LogP contribution in [-0.4, -0.2) is 98.4 Å². The summed E-state index contributed by atoms with van der Waals surface area (Å²) in [5.74, 6) is 3.57. The van der Waals surface area contributed by atoms with Crippen LogP contribution in [0.2, 0.25) is 0 Å². The van der Waals surface area contributed by atoms with Crippen LogP contribution in [0.15, 0.2) is 4.99 Å². The Balaban J connectivity index is 1.50. The lowest BCUT2D eigenvalue weighted by Gasteiger charge is -2.47. The summed E-state index contributed by atoms with van der Waals surface area (Å²) in [5, 5.41) is 7.04. The van der Waals surface area contributed by atoms with Crippen molar-refractivity contribution in [2.45, 2.75) is 51.0 Å². The first-order valence-corrected chi connectivity index (χ1v) is 12.6. The van der Waals surface area contributed by atoms with Gasteiger partial charge in [-0.15, -0.1) is 0 Å². The number of aliphatic imine (C=N–C) groups is 1. The van der Waals surface area contributed by atoms with Crippen molar-refractivity contribution in [2.24, 2.45) is 4.99 Å². The Morgan fingerprint density at radius 3 is 2.50 bits per heavy atom. The van der Waals surface area contributed by atoms with E-state index in [1.807, 2.05) is 0 Å². The third-order valence-electron chi connectivity index (χ3n) is 6.39. The van der Waals surface area contributed by atoms with Crippen molar-refractivity contribution in [1.29, 1.82) is 0 Å². The minimum Gasteiger partial charge on any atom is -0.379 e. The molecule has 2 heterocycles. The summed E-state index contributed by atoms with van der Waals surface area (Å²) in [5.41, 5.74) is 0.301. The van der Waals surface area contributed by atoms with Crippen LogP contribution < -0.4 is 10.6 Å². The summed E-state index contributed by atoms with van der Waals surface area (Å²) in [7, 11) is 0. The van der Waals surface area contributed by atoms with Gasteiger partial charge in [0.25, 0.3) is 0 Å². The van der Waals surface area contributed by atoms with Crippen LogP contribution >= 0.6 is 11.8 Å². The van der Waals surface area contributed by atoms with Crippen molar-refractivity contribution in [3.63, 3.8) is 0 Å². The smallest absolute Gasteiger partial charge is 0.191 e. The average Bonchev–Trinajstić information content (AvgIpc) is 2.77. The third-order valence-corrected chi connectivity index (χ3v) is 7.33. The minimum atomic E-state index is 0.301. The Kier molecular flexibility index (Phi) is 9.71. The largest absolute Gasteiger partial charge is 0.379 e. The Morgan fingerprint density at radius 1 is 1.04 bits per heavy atom. The number of thioether (sulfide) groups is 1. The molecule has 28 heavy (non-hydrogen) atoms. The van der Waals surface area contributed by atoms with Gasteiger partial charge in [0.1, 0.15) is 0 Å². The number of nitrogens with zero attached hydrogens (tertiary/aromatic N) is 3. The van der Waals surface area contributed by atoms with E-state index in [0.717, 1.165) is 64.9 Å². The van der Waals surface area contributed by atoms with Crippen LogP contribution in [0.3, 0.4) is 0 Å². The summed E-state index contributed by atoms with van der Waals surface area (Å²) in [6.07, 6.45) is 7.91. The highest BCUT2D eigenvalue weighted by atomic mass is 32.2. The predicted molar refractivity (Wildman–Crippen MR) is 121 cm³/mol. The first-order chi connectivity index (χ1) is 13.8. The topological polar surface area (TPSA) is 52.1 Å². The standard InChI is InChI=1S/C21H41N5OS/c1-2-22-20(23-9-6-10-25-11-15-27-16-12-25)24-19-21(7-4-3-5-8-21)26-13-17-28-18-14-26/h2-19H2,1H3,(H2,22,23,24). The highest BCUT2D eigenvalue weighted by molar-refractivity contribution is 7.99. The summed E-state index contributed by atoms with van der Waals surface area (Å²) >= 11 is 2.11. The fourth-order valence-corrected chi connectivity index (χ4v) is 5.63. The van der Waals surface area contributed by atoms with Gasteiger partial charge in [-0.1, -0.05) is 19.3 Å². The zero-order valence-corrected chi connectivity index (χ0v) is 18.7. The second kappa shape index (κ2) is 12.3. The van der Waals surface area contributed by atoms with Gasteiger partial charge in [-0.05, 0) is 32.7 Å². The van der Waals surface area contributed by atoms with Crippen molar-refractivity contribution < 1.29 is 4.74 Å². The van der Waals surface area contributed by atoms with E-state index in [0.29, 0.717) is 5.54 Å². The summed E-state index contributed by atoms with van der Waals surface area (Å²) in [4.78, 5) is 10.4. The van der Waals surface area contributed by atoms with Gasteiger partial charge in [0.2, 0.25) is 0 Å². The minimum absolute atomic E-state index is 0.301. The number of rotatable bonds is 8. The van der Waals surface area contributed by atoms with E-state index in [1.165, 1.54) is 56.7 Å². The lowest BCUT2D eigenvalue weighted by molar-refractivity contribution is 0.0376. The first kappa shape index (κ1) is 22.2. The second-order valence-corrected chi connectivity index (χ2v) is 9.54. The quantitative estimate of drug-likeness (QED) is 0.362. The van der Waals surface area contributed by atoms with E-state index < -0.39 is 0 Å². The lowest BCUT2D eigenvalue weighted by Crippen LogP contribution is -2.55.